The van der Waals surface area contributed by atoms with Gasteiger partial charge in [0, 0.05) is 37.6 Å². The summed E-state index contributed by atoms with van der Waals surface area (Å²) >= 11 is 0. The van der Waals surface area contributed by atoms with E-state index in [-0.39, 0.29) is 24.4 Å². The van der Waals surface area contributed by atoms with Crippen LogP contribution in [0, 0.1) is 6.92 Å². The van der Waals surface area contributed by atoms with E-state index in [9.17, 15) is 4.79 Å². The summed E-state index contributed by atoms with van der Waals surface area (Å²) in [7, 11) is 0. The largest absolute Gasteiger partial charge is 0.329 e. The number of aryl methyl sites for hydroxylation is 1. The Labute approximate surface area is 137 Å². The van der Waals surface area contributed by atoms with E-state index >= 15 is 0 Å². The molecule has 116 valence electrons. The van der Waals surface area contributed by atoms with Crippen molar-refractivity contribution in [2.75, 3.05) is 19.6 Å². The standard InChI is InChI=1S/C17H19N3O.ClH/c1-13-4-6-14(7-5-13)17(21)20-10-9-19-12-16(20)15-3-2-8-18-11-15;/h2-8,11,16,19H,9-10,12H2,1H3;1H. The Hall–Kier alpha value is -1.91. The van der Waals surface area contributed by atoms with Crippen molar-refractivity contribution in [3.63, 3.8) is 0 Å². The van der Waals surface area contributed by atoms with Gasteiger partial charge in [-0.15, -0.1) is 12.4 Å². The van der Waals surface area contributed by atoms with Crippen molar-refractivity contribution in [2.24, 2.45) is 0 Å². The molecule has 1 aliphatic rings. The predicted molar refractivity (Wildman–Crippen MR) is 89.3 cm³/mol. The van der Waals surface area contributed by atoms with Gasteiger partial charge in [0.05, 0.1) is 6.04 Å². The zero-order valence-electron chi connectivity index (χ0n) is 12.5. The van der Waals surface area contributed by atoms with Crippen molar-refractivity contribution in [2.45, 2.75) is 13.0 Å². The second-order valence-electron chi connectivity index (χ2n) is 5.37. The van der Waals surface area contributed by atoms with Crippen LogP contribution in [0.1, 0.15) is 27.5 Å². The Balaban J connectivity index is 0.00000176. The summed E-state index contributed by atoms with van der Waals surface area (Å²) < 4.78 is 0. The lowest BCUT2D eigenvalue weighted by Crippen LogP contribution is -2.48. The highest BCUT2D eigenvalue weighted by molar-refractivity contribution is 5.94. The minimum Gasteiger partial charge on any atom is -0.329 e. The number of aromatic nitrogens is 1. The van der Waals surface area contributed by atoms with E-state index in [0.717, 1.165) is 29.8 Å². The second kappa shape index (κ2) is 7.38. The Morgan fingerprint density at radius 1 is 1.27 bits per heavy atom. The highest BCUT2D eigenvalue weighted by Gasteiger charge is 2.28. The number of benzene rings is 1. The molecule has 22 heavy (non-hydrogen) atoms. The first-order chi connectivity index (χ1) is 10.3. The maximum Gasteiger partial charge on any atom is 0.254 e. The molecule has 1 atom stereocenters. The zero-order valence-corrected chi connectivity index (χ0v) is 13.3. The molecule has 1 aromatic carbocycles. The summed E-state index contributed by atoms with van der Waals surface area (Å²) in [5.41, 5.74) is 2.98. The summed E-state index contributed by atoms with van der Waals surface area (Å²) in [5, 5.41) is 3.36. The van der Waals surface area contributed by atoms with E-state index in [0.29, 0.717) is 6.54 Å². The number of nitrogens with zero attached hydrogens (tertiary/aromatic N) is 2. The highest BCUT2D eigenvalue weighted by Crippen LogP contribution is 2.23. The number of pyridine rings is 1. The van der Waals surface area contributed by atoms with Crippen molar-refractivity contribution in [1.82, 2.24) is 15.2 Å². The average molecular weight is 318 g/mol. The normalized spacial score (nSPS) is 17.7. The van der Waals surface area contributed by atoms with Crippen LogP contribution in [0.4, 0.5) is 0 Å². The van der Waals surface area contributed by atoms with Crippen LogP contribution >= 0.6 is 12.4 Å². The van der Waals surface area contributed by atoms with E-state index in [1.54, 1.807) is 6.20 Å². The van der Waals surface area contributed by atoms with Crippen molar-refractivity contribution < 1.29 is 4.79 Å². The van der Waals surface area contributed by atoms with Gasteiger partial charge in [-0.25, -0.2) is 0 Å². The van der Waals surface area contributed by atoms with Crippen LogP contribution in [0.3, 0.4) is 0 Å². The molecule has 0 aliphatic carbocycles. The number of hydrogen-bond donors (Lipinski definition) is 1. The van der Waals surface area contributed by atoms with E-state index in [4.69, 9.17) is 0 Å². The van der Waals surface area contributed by atoms with Crippen molar-refractivity contribution in [3.05, 3.63) is 65.5 Å². The maximum absolute atomic E-state index is 12.8. The molecular formula is C17H20ClN3O. The third-order valence-electron chi connectivity index (χ3n) is 3.87. The number of carbonyl (C=O) groups is 1. The molecule has 5 heteroatoms. The summed E-state index contributed by atoms with van der Waals surface area (Å²) in [4.78, 5) is 18.9. The molecule has 0 saturated carbocycles. The van der Waals surface area contributed by atoms with Crippen molar-refractivity contribution >= 4 is 18.3 Å². The Kier molecular flexibility index (Phi) is 5.52. The number of rotatable bonds is 2. The summed E-state index contributed by atoms with van der Waals surface area (Å²) in [6.45, 7) is 4.33. The minimum absolute atomic E-state index is 0. The van der Waals surface area contributed by atoms with Gasteiger partial charge in [0.25, 0.3) is 5.91 Å². The quantitative estimate of drug-likeness (QED) is 0.926. The minimum atomic E-state index is 0. The number of nitrogens with one attached hydrogen (secondary N) is 1. The Morgan fingerprint density at radius 3 is 2.73 bits per heavy atom. The van der Waals surface area contributed by atoms with Gasteiger partial charge < -0.3 is 10.2 Å². The van der Waals surface area contributed by atoms with Gasteiger partial charge >= 0.3 is 0 Å². The first kappa shape index (κ1) is 16.5. The SMILES string of the molecule is Cc1ccc(C(=O)N2CCNCC2c2cccnc2)cc1.Cl. The molecule has 1 fully saturated rings. The van der Waals surface area contributed by atoms with E-state index in [1.807, 2.05) is 54.4 Å². The third-order valence-corrected chi connectivity index (χ3v) is 3.87. The van der Waals surface area contributed by atoms with Crippen LogP contribution in [0.5, 0.6) is 0 Å². The van der Waals surface area contributed by atoms with Gasteiger partial charge in [0.15, 0.2) is 0 Å². The fourth-order valence-corrected chi connectivity index (χ4v) is 2.68. The van der Waals surface area contributed by atoms with Crippen molar-refractivity contribution in [1.29, 1.82) is 0 Å². The van der Waals surface area contributed by atoms with Gasteiger partial charge in [-0.2, -0.15) is 0 Å². The van der Waals surface area contributed by atoms with Gasteiger partial charge in [0.1, 0.15) is 0 Å². The molecule has 1 aliphatic heterocycles. The number of amides is 1. The molecule has 1 saturated heterocycles. The first-order valence-corrected chi connectivity index (χ1v) is 7.24. The smallest absolute Gasteiger partial charge is 0.254 e. The molecule has 1 amide bonds. The number of piperazine rings is 1. The molecule has 1 unspecified atom stereocenters. The van der Waals surface area contributed by atoms with Gasteiger partial charge in [-0.3, -0.25) is 9.78 Å². The highest BCUT2D eigenvalue weighted by atomic mass is 35.5. The molecule has 4 nitrogen and oxygen atoms in total. The number of hydrogen-bond acceptors (Lipinski definition) is 3. The lowest BCUT2D eigenvalue weighted by molar-refractivity contribution is 0.0634. The van der Waals surface area contributed by atoms with Crippen LogP contribution < -0.4 is 5.32 Å². The molecular weight excluding hydrogens is 298 g/mol. The molecule has 2 heterocycles. The topological polar surface area (TPSA) is 45.2 Å². The van der Waals surface area contributed by atoms with Crippen LogP contribution in [0.25, 0.3) is 0 Å². The molecule has 0 spiro atoms. The fraction of sp³-hybridized carbons (Fsp3) is 0.294. The third kappa shape index (κ3) is 3.46. The Bertz CT molecular complexity index is 616. The van der Waals surface area contributed by atoms with Gasteiger partial charge in [-0.05, 0) is 30.7 Å². The predicted octanol–water partition coefficient (Wildman–Crippen LogP) is 2.60. The maximum atomic E-state index is 12.8. The molecule has 0 bridgehead atoms. The second-order valence-corrected chi connectivity index (χ2v) is 5.37. The van der Waals surface area contributed by atoms with Crippen molar-refractivity contribution in [3.8, 4) is 0 Å². The Morgan fingerprint density at radius 2 is 2.05 bits per heavy atom. The summed E-state index contributed by atoms with van der Waals surface area (Å²) in [5.74, 6) is 0.0883. The number of halogens is 1. The average Bonchev–Trinajstić information content (AvgIpc) is 2.56. The number of carbonyl (C=O) groups excluding carboxylic acids is 1. The van der Waals surface area contributed by atoms with Gasteiger partial charge in [-0.1, -0.05) is 23.8 Å². The van der Waals surface area contributed by atoms with E-state index in [1.165, 1.54) is 0 Å². The van der Waals surface area contributed by atoms with Crippen LogP contribution in [0.15, 0.2) is 48.8 Å². The molecule has 2 aromatic rings. The van der Waals surface area contributed by atoms with E-state index < -0.39 is 0 Å². The van der Waals surface area contributed by atoms with Crippen LogP contribution in [-0.2, 0) is 0 Å². The van der Waals surface area contributed by atoms with E-state index in [2.05, 4.69) is 10.3 Å². The van der Waals surface area contributed by atoms with Crippen LogP contribution in [-0.4, -0.2) is 35.4 Å². The first-order valence-electron chi connectivity index (χ1n) is 7.24. The lowest BCUT2D eigenvalue weighted by atomic mass is 10.0. The molecule has 1 aromatic heterocycles. The van der Waals surface area contributed by atoms with Crippen LogP contribution in [0.2, 0.25) is 0 Å². The molecule has 0 radical (unpaired) electrons. The van der Waals surface area contributed by atoms with Gasteiger partial charge in [0.2, 0.25) is 0 Å². The monoisotopic (exact) mass is 317 g/mol. The zero-order chi connectivity index (χ0) is 14.7. The lowest BCUT2D eigenvalue weighted by Gasteiger charge is -2.36. The fourth-order valence-electron chi connectivity index (χ4n) is 2.68. The molecule has 1 N–H and O–H groups in total. The summed E-state index contributed by atoms with van der Waals surface area (Å²) in [6.07, 6.45) is 3.60. The summed E-state index contributed by atoms with van der Waals surface area (Å²) in [6, 6.07) is 11.8. The molecule has 3 rings (SSSR count).